The van der Waals surface area contributed by atoms with E-state index in [-0.39, 0.29) is 12.4 Å². The molecule has 1 aromatic heterocycles. The Morgan fingerprint density at radius 1 is 1.28 bits per heavy atom. The van der Waals surface area contributed by atoms with Gasteiger partial charge in [-0.1, -0.05) is 6.07 Å². The van der Waals surface area contributed by atoms with Gasteiger partial charge in [-0.05, 0) is 32.6 Å². The highest BCUT2D eigenvalue weighted by atomic mass is 35.5. The number of nitrogens with zero attached hydrogens (tertiary/aromatic N) is 3. The van der Waals surface area contributed by atoms with E-state index in [1.54, 1.807) is 0 Å². The summed E-state index contributed by atoms with van der Waals surface area (Å²) >= 11 is 0. The summed E-state index contributed by atoms with van der Waals surface area (Å²) in [5.74, 6) is 1.04. The lowest BCUT2D eigenvalue weighted by molar-refractivity contribution is 0.328. The molecule has 0 atom stereocenters. The zero-order chi connectivity index (χ0) is 12.7. The zero-order valence-electron chi connectivity index (χ0n) is 11.8. The van der Waals surface area contributed by atoms with Gasteiger partial charge >= 0.3 is 0 Å². The Morgan fingerprint density at radius 2 is 2.00 bits per heavy atom. The Hall–Kier alpha value is -0.840. The Kier molecular flexibility index (Phi) is 8.71. The highest BCUT2D eigenvalue weighted by Crippen LogP contribution is 2.10. The molecule has 0 aliphatic heterocycles. The van der Waals surface area contributed by atoms with Gasteiger partial charge in [0.15, 0.2) is 0 Å². The topological polar surface area (TPSA) is 31.4 Å². The summed E-state index contributed by atoms with van der Waals surface area (Å²) in [4.78, 5) is 8.89. The van der Waals surface area contributed by atoms with E-state index in [4.69, 9.17) is 0 Å². The van der Waals surface area contributed by atoms with E-state index in [0.717, 1.165) is 32.0 Å². The Bertz CT molecular complexity index is 315. The Labute approximate surface area is 117 Å². The van der Waals surface area contributed by atoms with E-state index in [0.29, 0.717) is 0 Å². The fraction of sp³-hybridized carbons (Fsp3) is 0.615. The molecule has 0 unspecified atom stereocenters. The van der Waals surface area contributed by atoms with Crippen molar-refractivity contribution in [1.82, 2.24) is 15.2 Å². The molecule has 0 aliphatic carbocycles. The van der Waals surface area contributed by atoms with Crippen LogP contribution in [0, 0.1) is 0 Å². The van der Waals surface area contributed by atoms with Crippen LogP contribution in [-0.2, 0) is 6.54 Å². The van der Waals surface area contributed by atoms with Crippen molar-refractivity contribution in [3.63, 3.8) is 0 Å². The highest BCUT2D eigenvalue weighted by Gasteiger charge is 2.02. The minimum absolute atomic E-state index is 0. The van der Waals surface area contributed by atoms with Crippen molar-refractivity contribution in [2.24, 2.45) is 0 Å². The van der Waals surface area contributed by atoms with Gasteiger partial charge in [-0.2, -0.15) is 0 Å². The molecule has 0 aliphatic rings. The molecule has 0 saturated carbocycles. The molecule has 0 radical (unpaired) electrons. The molecule has 5 heteroatoms. The van der Waals surface area contributed by atoms with E-state index in [2.05, 4.69) is 53.3 Å². The second-order valence-electron chi connectivity index (χ2n) is 4.38. The maximum Gasteiger partial charge on any atom is 0.128 e. The number of nitrogens with one attached hydrogen (secondary N) is 1. The molecule has 104 valence electrons. The van der Waals surface area contributed by atoms with E-state index in [1.165, 1.54) is 5.56 Å². The van der Waals surface area contributed by atoms with Gasteiger partial charge in [0.05, 0.1) is 0 Å². The Balaban J connectivity index is 0.00000289. The molecule has 1 heterocycles. The molecule has 1 N–H and O–H groups in total. The predicted octanol–water partition coefficient (Wildman–Crippen LogP) is 1.61. The van der Waals surface area contributed by atoms with E-state index >= 15 is 0 Å². The van der Waals surface area contributed by atoms with Crippen molar-refractivity contribution >= 4 is 18.2 Å². The number of rotatable bonds is 7. The van der Waals surface area contributed by atoms with Crippen LogP contribution in [-0.4, -0.2) is 50.7 Å². The summed E-state index contributed by atoms with van der Waals surface area (Å²) in [5.41, 5.74) is 1.26. The molecule has 0 amide bonds. The van der Waals surface area contributed by atoms with E-state index in [9.17, 15) is 0 Å². The fourth-order valence-electron chi connectivity index (χ4n) is 1.59. The number of hydrogen-bond acceptors (Lipinski definition) is 4. The summed E-state index contributed by atoms with van der Waals surface area (Å²) in [6.07, 6.45) is 1.97. The smallest absolute Gasteiger partial charge is 0.128 e. The van der Waals surface area contributed by atoms with Crippen molar-refractivity contribution in [2.75, 3.05) is 45.7 Å². The molecule has 0 fully saturated rings. The van der Waals surface area contributed by atoms with Crippen molar-refractivity contribution in [3.05, 3.63) is 23.9 Å². The summed E-state index contributed by atoms with van der Waals surface area (Å²) in [7, 11) is 6.16. The van der Waals surface area contributed by atoms with Crippen LogP contribution in [0.2, 0.25) is 0 Å². The molecule has 1 aromatic rings. The molecular weight excluding hydrogens is 248 g/mol. The standard InChI is InChI=1S/C13H24N4.ClH/c1-5-17(4)13-7-6-12(10-15-13)11-16(3)9-8-14-2;/h6-7,10,14H,5,8-9,11H2,1-4H3;1H. The Morgan fingerprint density at radius 3 is 2.50 bits per heavy atom. The predicted molar refractivity (Wildman–Crippen MR) is 80.7 cm³/mol. The van der Waals surface area contributed by atoms with Crippen LogP contribution < -0.4 is 10.2 Å². The number of halogens is 1. The second-order valence-corrected chi connectivity index (χ2v) is 4.38. The molecule has 0 saturated heterocycles. The highest BCUT2D eigenvalue weighted by molar-refractivity contribution is 5.85. The van der Waals surface area contributed by atoms with Crippen molar-refractivity contribution in [3.8, 4) is 0 Å². The van der Waals surface area contributed by atoms with Crippen molar-refractivity contribution in [1.29, 1.82) is 0 Å². The van der Waals surface area contributed by atoms with Gasteiger partial charge in [-0.25, -0.2) is 4.98 Å². The zero-order valence-corrected chi connectivity index (χ0v) is 12.6. The average molecular weight is 273 g/mol. The lowest BCUT2D eigenvalue weighted by Crippen LogP contribution is -2.27. The third-order valence-electron chi connectivity index (χ3n) is 2.87. The summed E-state index contributed by atoms with van der Waals surface area (Å²) in [6.45, 7) is 6.12. The first-order chi connectivity index (χ1) is 8.17. The molecule has 18 heavy (non-hydrogen) atoms. The summed E-state index contributed by atoms with van der Waals surface area (Å²) < 4.78 is 0. The lowest BCUT2D eigenvalue weighted by Gasteiger charge is -2.18. The van der Waals surface area contributed by atoms with Gasteiger partial charge in [-0.15, -0.1) is 12.4 Å². The minimum atomic E-state index is 0. The summed E-state index contributed by atoms with van der Waals surface area (Å²) in [5, 5.41) is 3.15. The quantitative estimate of drug-likeness (QED) is 0.817. The van der Waals surface area contributed by atoms with Crippen LogP contribution >= 0.6 is 12.4 Å². The van der Waals surface area contributed by atoms with Gasteiger partial charge in [0.1, 0.15) is 5.82 Å². The average Bonchev–Trinajstić information content (AvgIpc) is 2.36. The second kappa shape index (κ2) is 9.14. The first-order valence-electron chi connectivity index (χ1n) is 6.16. The largest absolute Gasteiger partial charge is 0.360 e. The fourth-order valence-corrected chi connectivity index (χ4v) is 1.59. The van der Waals surface area contributed by atoms with Crippen molar-refractivity contribution < 1.29 is 0 Å². The van der Waals surface area contributed by atoms with Gasteiger partial charge in [0, 0.05) is 39.4 Å². The maximum atomic E-state index is 4.47. The number of aromatic nitrogens is 1. The maximum absolute atomic E-state index is 4.47. The first kappa shape index (κ1) is 17.2. The van der Waals surface area contributed by atoms with Crippen molar-refractivity contribution in [2.45, 2.75) is 13.5 Å². The third-order valence-corrected chi connectivity index (χ3v) is 2.87. The van der Waals surface area contributed by atoms with Crippen LogP contribution in [0.5, 0.6) is 0 Å². The first-order valence-corrected chi connectivity index (χ1v) is 6.16. The van der Waals surface area contributed by atoms with Crippen LogP contribution in [0.3, 0.4) is 0 Å². The molecule has 1 rings (SSSR count). The van der Waals surface area contributed by atoms with E-state index in [1.807, 2.05) is 13.2 Å². The molecule has 0 bridgehead atoms. The van der Waals surface area contributed by atoms with Gasteiger partial charge in [0.25, 0.3) is 0 Å². The van der Waals surface area contributed by atoms with Gasteiger partial charge in [-0.3, -0.25) is 0 Å². The number of likely N-dealkylation sites (N-methyl/N-ethyl adjacent to an activating group) is 2. The van der Waals surface area contributed by atoms with Crippen LogP contribution in [0.15, 0.2) is 18.3 Å². The van der Waals surface area contributed by atoms with Gasteiger partial charge in [0.2, 0.25) is 0 Å². The minimum Gasteiger partial charge on any atom is -0.360 e. The van der Waals surface area contributed by atoms with Crippen LogP contribution in [0.1, 0.15) is 12.5 Å². The number of pyridine rings is 1. The normalized spacial score (nSPS) is 10.3. The molecule has 0 spiro atoms. The third kappa shape index (κ3) is 5.67. The lowest BCUT2D eigenvalue weighted by atomic mass is 10.2. The molecular formula is C13H25ClN4. The van der Waals surface area contributed by atoms with Crippen LogP contribution in [0.25, 0.3) is 0 Å². The molecule has 0 aromatic carbocycles. The number of hydrogen-bond donors (Lipinski definition) is 1. The SMILES string of the molecule is CCN(C)c1ccc(CN(C)CCNC)cn1.Cl. The van der Waals surface area contributed by atoms with Crippen LogP contribution in [0.4, 0.5) is 5.82 Å². The monoisotopic (exact) mass is 272 g/mol. The van der Waals surface area contributed by atoms with E-state index < -0.39 is 0 Å². The number of anilines is 1. The summed E-state index contributed by atoms with van der Waals surface area (Å²) in [6, 6.07) is 4.25. The molecule has 4 nitrogen and oxygen atoms in total. The van der Waals surface area contributed by atoms with Gasteiger partial charge < -0.3 is 15.1 Å².